The number of carbonyl (C=O) groups is 3. The van der Waals surface area contributed by atoms with Crippen molar-refractivity contribution >= 4 is 78.8 Å². The molecule has 4 aromatic rings. The van der Waals surface area contributed by atoms with E-state index in [-0.39, 0.29) is 12.2 Å². The number of benzene rings is 4. The van der Waals surface area contributed by atoms with Crippen molar-refractivity contribution in [3.05, 3.63) is 128 Å². The van der Waals surface area contributed by atoms with Crippen LogP contribution in [0.1, 0.15) is 11.1 Å². The Morgan fingerprint density at radius 2 is 1.28 bits per heavy atom. The van der Waals surface area contributed by atoms with Gasteiger partial charge in [-0.25, -0.2) is 14.6 Å². The molecular formula is C30H19Br2ClN2O4. The number of barbiturate groups is 1. The van der Waals surface area contributed by atoms with Gasteiger partial charge in [0.05, 0.1) is 15.8 Å². The van der Waals surface area contributed by atoms with Gasteiger partial charge in [-0.05, 0) is 76.1 Å². The summed E-state index contributed by atoms with van der Waals surface area (Å²) < 4.78 is 7.45. The van der Waals surface area contributed by atoms with Crippen LogP contribution >= 0.6 is 43.5 Å². The van der Waals surface area contributed by atoms with E-state index >= 15 is 0 Å². The zero-order valence-corrected chi connectivity index (χ0v) is 24.1. The molecule has 0 aliphatic carbocycles. The van der Waals surface area contributed by atoms with Crippen LogP contribution < -0.4 is 14.5 Å². The van der Waals surface area contributed by atoms with Crippen LogP contribution in [0.5, 0.6) is 5.75 Å². The first-order chi connectivity index (χ1) is 18.8. The molecule has 0 N–H and O–H groups in total. The van der Waals surface area contributed by atoms with Crippen LogP contribution in [0.3, 0.4) is 0 Å². The van der Waals surface area contributed by atoms with Crippen molar-refractivity contribution in [1.29, 1.82) is 0 Å². The first-order valence-electron chi connectivity index (χ1n) is 11.7. The Labute approximate surface area is 246 Å². The normalized spacial score (nSPS) is 13.6. The van der Waals surface area contributed by atoms with Crippen LogP contribution in [-0.4, -0.2) is 17.8 Å². The highest BCUT2D eigenvalue weighted by Crippen LogP contribution is 2.37. The summed E-state index contributed by atoms with van der Waals surface area (Å²) in [6, 6.07) is 27.0. The molecule has 1 aliphatic rings. The maximum atomic E-state index is 13.7. The third-order valence-corrected chi connectivity index (χ3v) is 7.21. The molecule has 39 heavy (non-hydrogen) atoms. The highest BCUT2D eigenvalue weighted by molar-refractivity contribution is 9.11. The molecule has 1 heterocycles. The van der Waals surface area contributed by atoms with Crippen molar-refractivity contribution in [3.8, 4) is 5.75 Å². The van der Waals surface area contributed by atoms with E-state index in [1.807, 2.05) is 12.1 Å². The first kappa shape index (κ1) is 26.9. The van der Waals surface area contributed by atoms with E-state index in [4.69, 9.17) is 16.3 Å². The monoisotopic (exact) mass is 664 g/mol. The summed E-state index contributed by atoms with van der Waals surface area (Å²) in [6.07, 6.45) is 1.45. The summed E-state index contributed by atoms with van der Waals surface area (Å²) in [6.45, 7) is 0.222. The number of amides is 4. The largest absolute Gasteiger partial charge is 0.487 e. The predicted molar refractivity (Wildman–Crippen MR) is 159 cm³/mol. The Balaban J connectivity index is 1.60. The molecular weight excluding hydrogens is 648 g/mol. The number of ether oxygens (including phenoxy) is 1. The minimum absolute atomic E-state index is 0.191. The number of para-hydroxylation sites is 2. The average molecular weight is 667 g/mol. The SMILES string of the molecule is O=C1C(=Cc2cc(Br)cc(Br)c2OCc2ccc(Cl)cc2)C(=O)N(c2ccccc2)C(=O)N1c1ccccc1. The highest BCUT2D eigenvalue weighted by atomic mass is 79.9. The molecule has 0 aromatic heterocycles. The van der Waals surface area contributed by atoms with Gasteiger partial charge in [-0.2, -0.15) is 0 Å². The van der Waals surface area contributed by atoms with Gasteiger partial charge in [0, 0.05) is 15.1 Å². The van der Waals surface area contributed by atoms with Crippen molar-refractivity contribution < 1.29 is 19.1 Å². The number of carbonyl (C=O) groups excluding carboxylic acids is 3. The number of urea groups is 1. The van der Waals surface area contributed by atoms with Gasteiger partial charge in [-0.3, -0.25) is 9.59 Å². The second-order valence-electron chi connectivity index (χ2n) is 8.51. The molecule has 6 nitrogen and oxygen atoms in total. The van der Waals surface area contributed by atoms with E-state index in [1.54, 1.807) is 84.9 Å². The van der Waals surface area contributed by atoms with Crippen molar-refractivity contribution in [2.75, 3.05) is 9.80 Å². The van der Waals surface area contributed by atoms with E-state index in [0.29, 0.717) is 36.7 Å². The second kappa shape index (κ2) is 11.6. The van der Waals surface area contributed by atoms with Gasteiger partial charge in [0.2, 0.25) is 0 Å². The number of hydrogen-bond acceptors (Lipinski definition) is 4. The van der Waals surface area contributed by atoms with Crippen molar-refractivity contribution in [2.24, 2.45) is 0 Å². The predicted octanol–water partition coefficient (Wildman–Crippen LogP) is 8.03. The summed E-state index contributed by atoms with van der Waals surface area (Å²) in [4.78, 5) is 43.0. The highest BCUT2D eigenvalue weighted by Gasteiger charge is 2.43. The Kier molecular flexibility index (Phi) is 7.97. The maximum Gasteiger partial charge on any atom is 0.343 e. The van der Waals surface area contributed by atoms with Gasteiger partial charge in [0.1, 0.15) is 17.9 Å². The molecule has 4 aromatic carbocycles. The smallest absolute Gasteiger partial charge is 0.343 e. The van der Waals surface area contributed by atoms with Gasteiger partial charge >= 0.3 is 6.03 Å². The van der Waals surface area contributed by atoms with Gasteiger partial charge in [0.25, 0.3) is 11.8 Å². The lowest BCUT2D eigenvalue weighted by Crippen LogP contribution is -2.57. The number of anilines is 2. The van der Waals surface area contributed by atoms with Gasteiger partial charge in [-0.15, -0.1) is 0 Å². The molecule has 5 rings (SSSR count). The van der Waals surface area contributed by atoms with Crippen LogP contribution in [0.2, 0.25) is 5.02 Å². The van der Waals surface area contributed by atoms with E-state index in [1.165, 1.54) is 6.08 Å². The van der Waals surface area contributed by atoms with E-state index in [2.05, 4.69) is 31.9 Å². The third kappa shape index (κ3) is 5.68. The molecule has 0 radical (unpaired) electrons. The fourth-order valence-electron chi connectivity index (χ4n) is 4.07. The molecule has 1 saturated heterocycles. The summed E-state index contributed by atoms with van der Waals surface area (Å²) in [5.74, 6) is -1.04. The number of hydrogen-bond donors (Lipinski definition) is 0. The molecule has 0 bridgehead atoms. The van der Waals surface area contributed by atoms with E-state index in [9.17, 15) is 14.4 Å². The first-order valence-corrected chi connectivity index (χ1v) is 13.7. The summed E-state index contributed by atoms with van der Waals surface area (Å²) >= 11 is 13.0. The Morgan fingerprint density at radius 1 is 0.744 bits per heavy atom. The fourth-order valence-corrected chi connectivity index (χ4v) is 5.57. The average Bonchev–Trinajstić information content (AvgIpc) is 2.93. The number of rotatable bonds is 6. The van der Waals surface area contributed by atoms with Crippen LogP contribution in [0.4, 0.5) is 16.2 Å². The Hall–Kier alpha value is -3.72. The molecule has 0 saturated carbocycles. The van der Waals surface area contributed by atoms with Crippen LogP contribution in [0.25, 0.3) is 6.08 Å². The van der Waals surface area contributed by atoms with Crippen molar-refractivity contribution in [1.82, 2.24) is 0 Å². The summed E-state index contributed by atoms with van der Waals surface area (Å²) in [5, 5.41) is 0.615. The molecule has 4 amide bonds. The van der Waals surface area contributed by atoms with Crippen LogP contribution in [0, 0.1) is 0 Å². The minimum Gasteiger partial charge on any atom is -0.487 e. The molecule has 9 heteroatoms. The second-order valence-corrected chi connectivity index (χ2v) is 10.7. The van der Waals surface area contributed by atoms with Gasteiger partial charge in [-0.1, -0.05) is 76.1 Å². The zero-order valence-electron chi connectivity index (χ0n) is 20.2. The standard InChI is InChI=1S/C30H19Br2ClN2O4/c31-21-15-20(27(26(32)17-21)39-18-19-11-13-22(33)14-12-19)16-25-28(36)34(23-7-3-1-4-8-23)30(38)35(29(25)37)24-9-5-2-6-10-24/h1-17H,18H2. The molecule has 1 aliphatic heterocycles. The molecule has 1 fully saturated rings. The molecule has 0 unspecified atom stereocenters. The third-order valence-electron chi connectivity index (χ3n) is 5.91. The van der Waals surface area contributed by atoms with Crippen LogP contribution in [-0.2, 0) is 16.2 Å². The molecule has 194 valence electrons. The number of halogens is 3. The summed E-state index contributed by atoms with van der Waals surface area (Å²) in [5.41, 5.74) is 1.86. The number of imide groups is 2. The molecule has 0 atom stereocenters. The topological polar surface area (TPSA) is 66.9 Å². The zero-order chi connectivity index (χ0) is 27.5. The fraction of sp³-hybridized carbons (Fsp3) is 0.0333. The lowest BCUT2D eigenvalue weighted by atomic mass is 10.0. The van der Waals surface area contributed by atoms with Gasteiger partial charge in [0.15, 0.2) is 0 Å². The van der Waals surface area contributed by atoms with E-state index < -0.39 is 17.8 Å². The lowest BCUT2D eigenvalue weighted by Gasteiger charge is -2.34. The van der Waals surface area contributed by atoms with E-state index in [0.717, 1.165) is 15.4 Å². The maximum absolute atomic E-state index is 13.7. The van der Waals surface area contributed by atoms with Crippen molar-refractivity contribution in [3.63, 3.8) is 0 Å². The summed E-state index contributed by atoms with van der Waals surface area (Å²) in [7, 11) is 0. The number of nitrogens with zero attached hydrogens (tertiary/aromatic N) is 2. The Bertz CT molecular complexity index is 1530. The van der Waals surface area contributed by atoms with Crippen LogP contribution in [0.15, 0.2) is 112 Å². The quantitative estimate of drug-likeness (QED) is 0.154. The minimum atomic E-state index is -0.755. The lowest BCUT2D eigenvalue weighted by molar-refractivity contribution is -0.121. The molecule has 0 spiro atoms. The van der Waals surface area contributed by atoms with Crippen molar-refractivity contribution in [2.45, 2.75) is 6.61 Å². The Morgan fingerprint density at radius 3 is 1.82 bits per heavy atom. The van der Waals surface area contributed by atoms with Gasteiger partial charge < -0.3 is 4.74 Å².